The first-order valence-electron chi connectivity index (χ1n) is 12.2. The first kappa shape index (κ1) is 29.1. The Bertz CT molecular complexity index is 988. The maximum Gasteiger partial charge on any atom is 0.329 e. The molecule has 36 heavy (non-hydrogen) atoms. The number of carbonyl (C=O) groups is 2. The maximum atomic E-state index is 13.2. The van der Waals surface area contributed by atoms with Crippen molar-refractivity contribution in [1.82, 2.24) is 16.0 Å². The highest BCUT2D eigenvalue weighted by molar-refractivity contribution is 7.80. The molecule has 0 saturated carbocycles. The topological polar surface area (TPSA) is 88.7 Å². The highest BCUT2D eigenvalue weighted by atomic mass is 32.1. The van der Waals surface area contributed by atoms with Crippen LogP contribution in [0, 0.1) is 5.92 Å². The van der Waals surface area contributed by atoms with Crippen molar-refractivity contribution in [2.75, 3.05) is 7.05 Å². The lowest BCUT2D eigenvalue weighted by Crippen LogP contribution is -2.54. The predicted molar refractivity (Wildman–Crippen MR) is 147 cm³/mol. The van der Waals surface area contributed by atoms with Crippen LogP contribution in [-0.2, 0) is 27.4 Å². The maximum absolute atomic E-state index is 13.2. The lowest BCUT2D eigenvalue weighted by atomic mass is 10.0. The molecule has 0 aromatic heterocycles. The van der Waals surface area contributed by atoms with Gasteiger partial charge < -0.3 is 25.4 Å². The fraction of sp³-hybridized carbons (Fsp3) is 0.464. The number of hydrogen-bond acceptors (Lipinski definition) is 5. The van der Waals surface area contributed by atoms with Crippen LogP contribution in [0.25, 0.3) is 0 Å². The third kappa shape index (κ3) is 10.6. The Labute approximate surface area is 220 Å². The van der Waals surface area contributed by atoms with Gasteiger partial charge in [-0.05, 0) is 68.6 Å². The van der Waals surface area contributed by atoms with E-state index in [9.17, 15) is 9.59 Å². The van der Waals surface area contributed by atoms with E-state index in [4.69, 9.17) is 21.7 Å². The Morgan fingerprint density at radius 1 is 0.917 bits per heavy atom. The fourth-order valence-electron chi connectivity index (χ4n) is 3.47. The first-order valence-corrected chi connectivity index (χ1v) is 12.6. The summed E-state index contributed by atoms with van der Waals surface area (Å²) in [5.41, 5.74) is 1.27. The van der Waals surface area contributed by atoms with Crippen LogP contribution in [0.2, 0.25) is 0 Å². The molecule has 0 unspecified atom stereocenters. The van der Waals surface area contributed by atoms with Crippen LogP contribution in [0.4, 0.5) is 0 Å². The highest BCUT2D eigenvalue weighted by Gasteiger charge is 2.30. The van der Waals surface area contributed by atoms with Gasteiger partial charge in [0.1, 0.15) is 30.0 Å². The number of nitrogens with one attached hydrogen (secondary N) is 3. The van der Waals surface area contributed by atoms with Gasteiger partial charge in [0.25, 0.3) is 0 Å². The van der Waals surface area contributed by atoms with Crippen LogP contribution < -0.4 is 20.7 Å². The number of esters is 1. The monoisotopic (exact) mass is 513 g/mol. The molecular formula is C28H39N3O4S. The summed E-state index contributed by atoms with van der Waals surface area (Å²) in [7, 11) is 1.69. The molecule has 2 aromatic carbocycles. The van der Waals surface area contributed by atoms with Gasteiger partial charge in [-0.3, -0.25) is 4.79 Å². The quantitative estimate of drug-likeness (QED) is 0.307. The third-order valence-electron chi connectivity index (χ3n) is 5.18. The summed E-state index contributed by atoms with van der Waals surface area (Å²) in [6.45, 7) is 9.93. The van der Waals surface area contributed by atoms with Crippen molar-refractivity contribution in [1.29, 1.82) is 0 Å². The van der Waals surface area contributed by atoms with E-state index in [-0.39, 0.29) is 18.2 Å². The predicted octanol–water partition coefficient (Wildman–Crippen LogP) is 4.14. The van der Waals surface area contributed by atoms with Crippen molar-refractivity contribution in [3.8, 4) is 5.75 Å². The molecule has 7 nitrogen and oxygen atoms in total. The minimum Gasteiger partial charge on any atom is -0.489 e. The summed E-state index contributed by atoms with van der Waals surface area (Å²) in [6.07, 6.45) is 0.840. The van der Waals surface area contributed by atoms with Crippen LogP contribution >= 0.6 is 12.2 Å². The number of ether oxygens (including phenoxy) is 2. The van der Waals surface area contributed by atoms with Gasteiger partial charge in [-0.15, -0.1) is 0 Å². The first-order chi connectivity index (χ1) is 17.0. The van der Waals surface area contributed by atoms with E-state index in [1.165, 1.54) is 0 Å². The molecule has 0 aliphatic rings. The summed E-state index contributed by atoms with van der Waals surface area (Å²) in [6, 6.07) is 16.0. The van der Waals surface area contributed by atoms with Gasteiger partial charge in [0.2, 0.25) is 5.91 Å². The molecule has 1 amide bonds. The van der Waals surface area contributed by atoms with Gasteiger partial charge in [-0.2, -0.15) is 0 Å². The largest absolute Gasteiger partial charge is 0.489 e. The third-order valence-corrected chi connectivity index (χ3v) is 5.50. The Morgan fingerprint density at radius 3 is 2.11 bits per heavy atom. The average Bonchev–Trinajstić information content (AvgIpc) is 2.81. The van der Waals surface area contributed by atoms with Crippen molar-refractivity contribution in [3.63, 3.8) is 0 Å². The van der Waals surface area contributed by atoms with Crippen LogP contribution in [-0.4, -0.2) is 41.7 Å². The minimum atomic E-state index is -0.854. The van der Waals surface area contributed by atoms with Gasteiger partial charge in [0, 0.05) is 13.5 Å². The van der Waals surface area contributed by atoms with Crippen molar-refractivity contribution < 1.29 is 19.1 Å². The van der Waals surface area contributed by atoms with Crippen molar-refractivity contribution in [2.45, 2.75) is 71.8 Å². The van der Waals surface area contributed by atoms with Gasteiger partial charge in [0.05, 0.1) is 0 Å². The van der Waals surface area contributed by atoms with Crippen LogP contribution in [0.3, 0.4) is 0 Å². The molecule has 2 rings (SSSR count). The fourth-order valence-corrected chi connectivity index (χ4v) is 3.61. The van der Waals surface area contributed by atoms with Gasteiger partial charge >= 0.3 is 5.97 Å². The molecule has 0 heterocycles. The van der Waals surface area contributed by atoms with E-state index in [1.54, 1.807) is 27.8 Å². The zero-order valence-electron chi connectivity index (χ0n) is 22.1. The molecule has 196 valence electrons. The summed E-state index contributed by atoms with van der Waals surface area (Å²) in [5.74, 6) is 0.179. The SMILES string of the molecule is CNC(=S)N[C@@H](CC(C)C)C(=O)N[C@@H](Cc1ccc(OCc2ccccc2)cc1)C(=O)OC(C)(C)C. The van der Waals surface area contributed by atoms with Gasteiger partial charge in [0.15, 0.2) is 5.11 Å². The number of rotatable bonds is 11. The second-order valence-electron chi connectivity index (χ2n) is 10.1. The standard InChI is InChI=1S/C28H39N3O4S/c1-19(2)16-23(31-27(36)29-6)25(32)30-24(26(33)35-28(3,4)5)17-20-12-14-22(15-13-20)34-18-21-10-8-7-9-11-21/h7-15,19,23-24H,16-18H2,1-6H3,(H,30,32)(H2,29,31,36)/t23-,24-/m0/s1. The molecule has 0 bridgehead atoms. The van der Waals surface area contributed by atoms with Crippen molar-refractivity contribution in [2.24, 2.45) is 5.92 Å². The van der Waals surface area contributed by atoms with Crippen LogP contribution in [0.5, 0.6) is 5.75 Å². The lowest BCUT2D eigenvalue weighted by molar-refractivity contribution is -0.158. The number of carbonyl (C=O) groups excluding carboxylic acids is 2. The molecule has 0 radical (unpaired) electrons. The number of benzene rings is 2. The molecule has 2 atom stereocenters. The Kier molecular flexibility index (Phi) is 11.2. The highest BCUT2D eigenvalue weighted by Crippen LogP contribution is 2.17. The molecule has 0 aliphatic carbocycles. The van der Waals surface area contributed by atoms with Crippen LogP contribution in [0.15, 0.2) is 54.6 Å². The molecule has 0 fully saturated rings. The Hall–Kier alpha value is -3.13. The van der Waals surface area contributed by atoms with Gasteiger partial charge in [-0.1, -0.05) is 56.3 Å². The summed E-state index contributed by atoms with van der Waals surface area (Å²) >= 11 is 5.20. The molecule has 0 saturated heterocycles. The van der Waals surface area contributed by atoms with Crippen LogP contribution in [0.1, 0.15) is 52.2 Å². The number of hydrogen-bond donors (Lipinski definition) is 3. The lowest BCUT2D eigenvalue weighted by Gasteiger charge is -2.27. The number of amides is 1. The smallest absolute Gasteiger partial charge is 0.329 e. The second kappa shape index (κ2) is 13.8. The molecule has 8 heteroatoms. The molecule has 0 spiro atoms. The second-order valence-corrected chi connectivity index (χ2v) is 10.5. The minimum absolute atomic E-state index is 0.247. The molecule has 3 N–H and O–H groups in total. The van der Waals surface area contributed by atoms with Crippen molar-refractivity contribution >= 4 is 29.2 Å². The van der Waals surface area contributed by atoms with Gasteiger partial charge in [-0.25, -0.2) is 4.79 Å². The summed E-state index contributed by atoms with van der Waals surface area (Å²) in [4.78, 5) is 26.2. The molecular weight excluding hydrogens is 474 g/mol. The molecule has 2 aromatic rings. The normalized spacial score (nSPS) is 12.9. The zero-order chi connectivity index (χ0) is 26.7. The molecule has 0 aliphatic heterocycles. The summed E-state index contributed by atoms with van der Waals surface area (Å²) < 4.78 is 11.5. The van der Waals surface area contributed by atoms with E-state index < -0.39 is 23.7 Å². The van der Waals surface area contributed by atoms with E-state index >= 15 is 0 Å². The van der Waals surface area contributed by atoms with E-state index in [0.29, 0.717) is 18.1 Å². The Morgan fingerprint density at radius 2 is 1.56 bits per heavy atom. The van der Waals surface area contributed by atoms with E-state index in [1.807, 2.05) is 68.4 Å². The number of thiocarbonyl (C=S) groups is 1. The Balaban J connectivity index is 2.13. The van der Waals surface area contributed by atoms with E-state index in [0.717, 1.165) is 16.9 Å². The average molecular weight is 514 g/mol. The van der Waals surface area contributed by atoms with Crippen molar-refractivity contribution in [3.05, 3.63) is 65.7 Å². The summed E-state index contributed by atoms with van der Waals surface area (Å²) in [5, 5.41) is 9.12. The zero-order valence-corrected chi connectivity index (χ0v) is 22.9. The van der Waals surface area contributed by atoms with E-state index in [2.05, 4.69) is 16.0 Å².